The lowest BCUT2D eigenvalue weighted by Crippen LogP contribution is -2.49. The molecule has 0 unspecified atom stereocenters. The summed E-state index contributed by atoms with van der Waals surface area (Å²) >= 11 is 0. The number of anilines is 1. The normalized spacial score (nSPS) is 16.2. The lowest BCUT2D eigenvalue weighted by Gasteiger charge is -2.41. The number of aryl methyl sites for hydroxylation is 1. The second-order valence-corrected chi connectivity index (χ2v) is 9.51. The molecule has 7 heteroatoms. The van der Waals surface area contributed by atoms with Gasteiger partial charge < -0.3 is 9.64 Å². The molecular formula is C25H34N6O. The SMILES string of the molecule is COc1ccccc1[C@H](c1nnnn1C(C)(C)C)N1CCN(c2cccc(C)c2C)CC1. The third-order valence-corrected chi connectivity index (χ3v) is 6.40. The van der Waals surface area contributed by atoms with Gasteiger partial charge in [0.25, 0.3) is 0 Å². The topological polar surface area (TPSA) is 59.3 Å². The van der Waals surface area contributed by atoms with Crippen molar-refractivity contribution >= 4 is 5.69 Å². The average Bonchev–Trinajstić information content (AvgIpc) is 3.27. The monoisotopic (exact) mass is 434 g/mol. The van der Waals surface area contributed by atoms with Gasteiger partial charge in [-0.2, -0.15) is 0 Å². The molecule has 0 aliphatic carbocycles. The molecule has 7 nitrogen and oxygen atoms in total. The Morgan fingerprint density at radius 3 is 2.34 bits per heavy atom. The molecule has 4 rings (SSSR count). The first-order chi connectivity index (χ1) is 15.3. The number of nitrogens with zero attached hydrogens (tertiary/aromatic N) is 6. The van der Waals surface area contributed by atoms with Crippen molar-refractivity contribution < 1.29 is 4.74 Å². The maximum absolute atomic E-state index is 5.75. The van der Waals surface area contributed by atoms with Crippen molar-refractivity contribution in [3.63, 3.8) is 0 Å². The maximum atomic E-state index is 5.75. The third-order valence-electron chi connectivity index (χ3n) is 6.40. The summed E-state index contributed by atoms with van der Waals surface area (Å²) in [4.78, 5) is 4.97. The van der Waals surface area contributed by atoms with E-state index in [1.54, 1.807) is 7.11 Å². The number of hydrogen-bond acceptors (Lipinski definition) is 6. The minimum absolute atomic E-state index is 0.0823. The molecule has 1 aliphatic heterocycles. The first kappa shape index (κ1) is 22.3. The minimum atomic E-state index is -0.223. The van der Waals surface area contributed by atoms with Gasteiger partial charge in [-0.3, -0.25) is 4.90 Å². The summed E-state index contributed by atoms with van der Waals surface area (Å²) in [6.45, 7) is 14.5. The van der Waals surface area contributed by atoms with Crippen LogP contribution in [0, 0.1) is 13.8 Å². The van der Waals surface area contributed by atoms with Crippen LogP contribution in [0.15, 0.2) is 42.5 Å². The van der Waals surface area contributed by atoms with Gasteiger partial charge >= 0.3 is 0 Å². The van der Waals surface area contributed by atoms with Gasteiger partial charge in [0.2, 0.25) is 0 Å². The minimum Gasteiger partial charge on any atom is -0.496 e. The fraction of sp³-hybridized carbons (Fsp3) is 0.480. The Hall–Kier alpha value is -2.93. The molecule has 0 radical (unpaired) electrons. The molecule has 1 saturated heterocycles. The number of tetrazole rings is 1. The number of para-hydroxylation sites is 1. The summed E-state index contributed by atoms with van der Waals surface area (Å²) in [6, 6.07) is 14.7. The number of ether oxygens (including phenoxy) is 1. The van der Waals surface area contributed by atoms with Crippen molar-refractivity contribution in [2.45, 2.75) is 46.2 Å². The van der Waals surface area contributed by atoms with Gasteiger partial charge in [0.1, 0.15) is 11.8 Å². The van der Waals surface area contributed by atoms with Crippen molar-refractivity contribution in [3.8, 4) is 5.75 Å². The highest BCUT2D eigenvalue weighted by atomic mass is 16.5. The van der Waals surface area contributed by atoms with E-state index in [0.29, 0.717) is 0 Å². The Labute approximate surface area is 191 Å². The fourth-order valence-corrected chi connectivity index (χ4v) is 4.53. The Morgan fingerprint density at radius 2 is 1.66 bits per heavy atom. The highest BCUT2D eigenvalue weighted by molar-refractivity contribution is 5.56. The Balaban J connectivity index is 1.68. The second kappa shape index (κ2) is 8.90. The van der Waals surface area contributed by atoms with E-state index in [-0.39, 0.29) is 11.6 Å². The fourth-order valence-electron chi connectivity index (χ4n) is 4.53. The van der Waals surface area contributed by atoms with Crippen LogP contribution in [0.4, 0.5) is 5.69 Å². The average molecular weight is 435 g/mol. The van der Waals surface area contributed by atoms with Gasteiger partial charge in [-0.25, -0.2) is 4.68 Å². The number of hydrogen-bond donors (Lipinski definition) is 0. The van der Waals surface area contributed by atoms with Crippen LogP contribution in [-0.4, -0.2) is 58.4 Å². The van der Waals surface area contributed by atoms with E-state index in [2.05, 4.69) is 90.3 Å². The van der Waals surface area contributed by atoms with E-state index in [1.165, 1.54) is 16.8 Å². The van der Waals surface area contributed by atoms with Gasteiger partial charge in [-0.15, -0.1) is 5.10 Å². The van der Waals surface area contributed by atoms with Gasteiger partial charge in [0.15, 0.2) is 5.82 Å². The molecule has 32 heavy (non-hydrogen) atoms. The van der Waals surface area contributed by atoms with Crippen molar-refractivity contribution in [1.29, 1.82) is 0 Å². The molecule has 0 spiro atoms. The van der Waals surface area contributed by atoms with Crippen LogP contribution < -0.4 is 9.64 Å². The molecule has 1 aromatic heterocycles. The first-order valence-corrected chi connectivity index (χ1v) is 11.3. The lowest BCUT2D eigenvalue weighted by molar-refractivity contribution is 0.188. The molecule has 1 atom stereocenters. The number of aromatic nitrogens is 4. The predicted octanol–water partition coefficient (Wildman–Crippen LogP) is 3.97. The second-order valence-electron chi connectivity index (χ2n) is 9.51. The number of methoxy groups -OCH3 is 1. The first-order valence-electron chi connectivity index (χ1n) is 11.3. The Morgan fingerprint density at radius 1 is 0.938 bits per heavy atom. The van der Waals surface area contributed by atoms with Gasteiger partial charge in [0.05, 0.1) is 12.6 Å². The van der Waals surface area contributed by atoms with E-state index in [1.807, 2.05) is 16.8 Å². The summed E-state index contributed by atoms with van der Waals surface area (Å²) in [5.74, 6) is 1.71. The smallest absolute Gasteiger partial charge is 0.173 e. The van der Waals surface area contributed by atoms with E-state index >= 15 is 0 Å². The zero-order valence-electron chi connectivity index (χ0n) is 20.0. The van der Waals surface area contributed by atoms with Crippen LogP contribution >= 0.6 is 0 Å². The van der Waals surface area contributed by atoms with Crippen LogP contribution in [0.1, 0.15) is 49.3 Å². The number of rotatable bonds is 5. The molecule has 2 heterocycles. The van der Waals surface area contributed by atoms with E-state index < -0.39 is 0 Å². The van der Waals surface area contributed by atoms with Crippen molar-refractivity contribution in [2.75, 3.05) is 38.2 Å². The molecule has 0 amide bonds. The molecule has 1 aliphatic rings. The summed E-state index contributed by atoms with van der Waals surface area (Å²) in [5, 5.41) is 12.9. The molecule has 1 fully saturated rings. The highest BCUT2D eigenvalue weighted by Gasteiger charge is 2.34. The zero-order valence-corrected chi connectivity index (χ0v) is 20.0. The standard InChI is InChI=1S/C25H34N6O/c1-18-10-9-12-21(19(18)2)29-14-16-30(17-15-29)23(20-11-7-8-13-22(20)32-6)24-26-27-28-31(24)25(3,4)5/h7-13,23H,14-17H2,1-6H3/t23-/m1/s1. The number of piperazine rings is 1. The van der Waals surface area contributed by atoms with Crippen molar-refractivity contribution in [1.82, 2.24) is 25.1 Å². The summed E-state index contributed by atoms with van der Waals surface area (Å²) < 4.78 is 7.69. The third kappa shape index (κ3) is 4.21. The van der Waals surface area contributed by atoms with Crippen LogP contribution in [0.5, 0.6) is 5.75 Å². The van der Waals surface area contributed by atoms with Gasteiger partial charge in [-0.1, -0.05) is 30.3 Å². The Bertz CT molecular complexity index is 1060. The van der Waals surface area contributed by atoms with Crippen LogP contribution in [0.25, 0.3) is 0 Å². The predicted molar refractivity (Wildman–Crippen MR) is 127 cm³/mol. The van der Waals surface area contributed by atoms with Crippen molar-refractivity contribution in [2.24, 2.45) is 0 Å². The van der Waals surface area contributed by atoms with E-state index in [0.717, 1.165) is 43.3 Å². The molecule has 3 aromatic rings. The quantitative estimate of drug-likeness (QED) is 0.606. The lowest BCUT2D eigenvalue weighted by atomic mass is 10.00. The molecule has 2 aromatic carbocycles. The molecule has 170 valence electrons. The Kier molecular flexibility index (Phi) is 6.20. The highest BCUT2D eigenvalue weighted by Crippen LogP contribution is 2.36. The van der Waals surface area contributed by atoms with Crippen LogP contribution in [0.2, 0.25) is 0 Å². The largest absolute Gasteiger partial charge is 0.496 e. The zero-order chi connectivity index (χ0) is 22.9. The molecule has 0 saturated carbocycles. The van der Waals surface area contributed by atoms with Crippen molar-refractivity contribution in [3.05, 3.63) is 65.0 Å². The van der Waals surface area contributed by atoms with Crippen LogP contribution in [-0.2, 0) is 5.54 Å². The molecular weight excluding hydrogens is 400 g/mol. The number of benzene rings is 2. The van der Waals surface area contributed by atoms with Gasteiger partial charge in [-0.05, 0) is 68.3 Å². The molecule has 0 N–H and O–H groups in total. The van der Waals surface area contributed by atoms with E-state index in [9.17, 15) is 0 Å². The molecule has 0 bridgehead atoms. The van der Waals surface area contributed by atoms with Gasteiger partial charge in [0, 0.05) is 37.4 Å². The summed E-state index contributed by atoms with van der Waals surface area (Å²) in [6.07, 6.45) is 0. The summed E-state index contributed by atoms with van der Waals surface area (Å²) in [5.41, 5.74) is 4.90. The summed E-state index contributed by atoms with van der Waals surface area (Å²) in [7, 11) is 1.72. The van der Waals surface area contributed by atoms with E-state index in [4.69, 9.17) is 4.74 Å². The maximum Gasteiger partial charge on any atom is 0.173 e. The van der Waals surface area contributed by atoms with Crippen LogP contribution in [0.3, 0.4) is 0 Å².